The number of esters is 1. The summed E-state index contributed by atoms with van der Waals surface area (Å²) in [6.45, 7) is 0.741. The summed E-state index contributed by atoms with van der Waals surface area (Å²) in [5, 5.41) is 2.97. The summed E-state index contributed by atoms with van der Waals surface area (Å²) >= 11 is 0. The van der Waals surface area contributed by atoms with Crippen molar-refractivity contribution < 1.29 is 14.3 Å². The van der Waals surface area contributed by atoms with Crippen LogP contribution < -0.4 is 5.32 Å². The van der Waals surface area contributed by atoms with E-state index in [1.165, 1.54) is 12.8 Å². The van der Waals surface area contributed by atoms with Gasteiger partial charge in [-0.1, -0.05) is 30.3 Å². The first-order valence-electron chi connectivity index (χ1n) is 8.38. The lowest BCUT2D eigenvalue weighted by molar-refractivity contribution is 0.0252. The third-order valence-corrected chi connectivity index (χ3v) is 4.66. The highest BCUT2D eigenvalue weighted by Crippen LogP contribution is 2.31. The molecule has 1 heterocycles. The monoisotopic (exact) mass is 321 g/mol. The molecule has 24 heavy (non-hydrogen) atoms. The number of ether oxygens (including phenoxy) is 1. The second-order valence-electron chi connectivity index (χ2n) is 6.53. The number of cyclic esters (lactones) is 1. The number of fused-ring (bicyclic) bond motifs is 1. The lowest BCUT2D eigenvalue weighted by Crippen LogP contribution is -2.27. The van der Waals surface area contributed by atoms with Gasteiger partial charge in [0.05, 0.1) is 5.56 Å². The molecule has 1 aliphatic heterocycles. The van der Waals surface area contributed by atoms with Gasteiger partial charge in [-0.25, -0.2) is 4.79 Å². The SMILES string of the molecule is O=C(NCC1CC1)c1ccc2c(c1)CC(c1ccccc1)OC2=O. The third kappa shape index (κ3) is 3.04. The van der Waals surface area contributed by atoms with Crippen LogP contribution in [0.25, 0.3) is 0 Å². The van der Waals surface area contributed by atoms with E-state index in [2.05, 4.69) is 5.32 Å². The zero-order valence-electron chi connectivity index (χ0n) is 13.3. The Morgan fingerprint density at radius 2 is 1.92 bits per heavy atom. The third-order valence-electron chi connectivity index (χ3n) is 4.66. The molecule has 2 aromatic carbocycles. The highest BCUT2D eigenvalue weighted by atomic mass is 16.5. The van der Waals surface area contributed by atoms with Crippen LogP contribution in [0.1, 0.15) is 50.8 Å². The molecular formula is C20H19NO3. The Kier molecular flexibility index (Phi) is 3.81. The molecule has 0 saturated heterocycles. The Balaban J connectivity index is 1.56. The van der Waals surface area contributed by atoms with Gasteiger partial charge < -0.3 is 10.1 Å². The van der Waals surface area contributed by atoms with E-state index in [0.717, 1.165) is 17.7 Å². The van der Waals surface area contributed by atoms with E-state index < -0.39 is 0 Å². The average molecular weight is 321 g/mol. The number of hydrogen-bond donors (Lipinski definition) is 1. The Morgan fingerprint density at radius 1 is 1.12 bits per heavy atom. The van der Waals surface area contributed by atoms with Gasteiger partial charge >= 0.3 is 5.97 Å². The number of carbonyl (C=O) groups is 2. The zero-order chi connectivity index (χ0) is 16.5. The molecule has 1 unspecified atom stereocenters. The predicted octanol–water partition coefficient (Wildman–Crippen LogP) is 3.28. The summed E-state index contributed by atoms with van der Waals surface area (Å²) in [5.74, 6) is 0.249. The molecule has 1 fully saturated rings. The van der Waals surface area contributed by atoms with Crippen LogP contribution in [0, 0.1) is 5.92 Å². The Hall–Kier alpha value is -2.62. The van der Waals surface area contributed by atoms with Gasteiger partial charge in [0.15, 0.2) is 0 Å². The number of carbonyl (C=O) groups excluding carboxylic acids is 2. The molecule has 0 radical (unpaired) electrons. The Bertz CT molecular complexity index is 781. The van der Waals surface area contributed by atoms with Crippen molar-refractivity contribution in [1.82, 2.24) is 5.32 Å². The number of hydrogen-bond acceptors (Lipinski definition) is 3. The van der Waals surface area contributed by atoms with Crippen LogP contribution in [0.4, 0.5) is 0 Å². The fourth-order valence-corrected chi connectivity index (χ4v) is 3.05. The van der Waals surface area contributed by atoms with Crippen molar-refractivity contribution in [3.05, 3.63) is 70.8 Å². The van der Waals surface area contributed by atoms with E-state index >= 15 is 0 Å². The number of nitrogens with one attached hydrogen (secondary N) is 1. The lowest BCUT2D eigenvalue weighted by Gasteiger charge is -2.25. The molecule has 0 aromatic heterocycles. The Morgan fingerprint density at radius 3 is 2.67 bits per heavy atom. The molecule has 0 bridgehead atoms. The Labute approximate surface area is 140 Å². The molecule has 2 aliphatic rings. The van der Waals surface area contributed by atoms with Gasteiger partial charge in [-0.3, -0.25) is 4.79 Å². The molecule has 4 heteroatoms. The molecule has 0 spiro atoms. The van der Waals surface area contributed by atoms with Crippen molar-refractivity contribution >= 4 is 11.9 Å². The minimum atomic E-state index is -0.324. The van der Waals surface area contributed by atoms with Crippen molar-refractivity contribution in [3.8, 4) is 0 Å². The van der Waals surface area contributed by atoms with Crippen molar-refractivity contribution in [3.63, 3.8) is 0 Å². The van der Waals surface area contributed by atoms with Crippen molar-refractivity contribution in [2.75, 3.05) is 6.54 Å². The van der Waals surface area contributed by atoms with E-state index in [0.29, 0.717) is 23.5 Å². The normalized spacial score (nSPS) is 19.3. The summed E-state index contributed by atoms with van der Waals surface area (Å²) in [6.07, 6.45) is 2.70. The maximum atomic E-state index is 12.3. The van der Waals surface area contributed by atoms with Crippen LogP contribution in [0.2, 0.25) is 0 Å². The molecule has 1 saturated carbocycles. The molecule has 4 nitrogen and oxygen atoms in total. The van der Waals surface area contributed by atoms with E-state index in [9.17, 15) is 9.59 Å². The van der Waals surface area contributed by atoms with Gasteiger partial charge in [0.25, 0.3) is 5.91 Å². The quantitative estimate of drug-likeness (QED) is 0.879. The fourth-order valence-electron chi connectivity index (χ4n) is 3.05. The van der Waals surface area contributed by atoms with Crippen LogP contribution in [0.3, 0.4) is 0 Å². The van der Waals surface area contributed by atoms with Gasteiger partial charge in [0.1, 0.15) is 6.10 Å². The lowest BCUT2D eigenvalue weighted by atomic mass is 9.93. The second kappa shape index (κ2) is 6.11. The van der Waals surface area contributed by atoms with Crippen LogP contribution >= 0.6 is 0 Å². The largest absolute Gasteiger partial charge is 0.454 e. The minimum absolute atomic E-state index is 0.0695. The first-order valence-corrected chi connectivity index (χ1v) is 8.38. The number of amides is 1. The minimum Gasteiger partial charge on any atom is -0.454 e. The summed E-state index contributed by atoms with van der Waals surface area (Å²) in [5.41, 5.74) is 3.01. The summed E-state index contributed by atoms with van der Waals surface area (Å²) in [7, 11) is 0. The maximum absolute atomic E-state index is 12.3. The number of rotatable bonds is 4. The van der Waals surface area contributed by atoms with Crippen molar-refractivity contribution in [1.29, 1.82) is 0 Å². The average Bonchev–Trinajstić information content (AvgIpc) is 3.44. The van der Waals surface area contributed by atoms with Crippen LogP contribution in [0.15, 0.2) is 48.5 Å². The predicted molar refractivity (Wildman–Crippen MR) is 89.8 cm³/mol. The summed E-state index contributed by atoms with van der Waals surface area (Å²) < 4.78 is 5.55. The maximum Gasteiger partial charge on any atom is 0.339 e. The van der Waals surface area contributed by atoms with Gasteiger partial charge in [0.2, 0.25) is 0 Å². The van der Waals surface area contributed by atoms with Crippen LogP contribution in [-0.4, -0.2) is 18.4 Å². The first kappa shape index (κ1) is 14.9. The highest BCUT2D eigenvalue weighted by molar-refractivity contribution is 5.97. The molecular weight excluding hydrogens is 302 g/mol. The van der Waals surface area contributed by atoms with Gasteiger partial charge in [-0.2, -0.15) is 0 Å². The molecule has 1 aliphatic carbocycles. The first-order chi connectivity index (χ1) is 11.7. The molecule has 2 aromatic rings. The van der Waals surface area contributed by atoms with E-state index in [1.807, 2.05) is 36.4 Å². The number of benzene rings is 2. The van der Waals surface area contributed by atoms with E-state index in [-0.39, 0.29) is 18.0 Å². The molecule has 4 rings (SSSR count). The second-order valence-corrected chi connectivity index (χ2v) is 6.53. The standard InChI is InChI=1S/C20H19NO3/c22-19(21-12-13-6-7-13)15-8-9-17-16(10-15)11-18(24-20(17)23)14-4-2-1-3-5-14/h1-5,8-10,13,18H,6-7,11-12H2,(H,21,22). The molecule has 1 N–H and O–H groups in total. The molecule has 122 valence electrons. The smallest absolute Gasteiger partial charge is 0.339 e. The highest BCUT2D eigenvalue weighted by Gasteiger charge is 2.28. The van der Waals surface area contributed by atoms with Crippen molar-refractivity contribution in [2.45, 2.75) is 25.4 Å². The van der Waals surface area contributed by atoms with Crippen LogP contribution in [-0.2, 0) is 11.2 Å². The van der Waals surface area contributed by atoms with E-state index in [4.69, 9.17) is 4.74 Å². The van der Waals surface area contributed by atoms with Gasteiger partial charge in [-0.15, -0.1) is 0 Å². The fraction of sp³-hybridized carbons (Fsp3) is 0.300. The van der Waals surface area contributed by atoms with Crippen molar-refractivity contribution in [2.24, 2.45) is 5.92 Å². The summed E-state index contributed by atoms with van der Waals surface area (Å²) in [4.78, 5) is 24.5. The van der Waals surface area contributed by atoms with Gasteiger partial charge in [0, 0.05) is 18.5 Å². The van der Waals surface area contributed by atoms with Gasteiger partial charge in [-0.05, 0) is 48.1 Å². The van der Waals surface area contributed by atoms with E-state index in [1.54, 1.807) is 12.1 Å². The zero-order valence-corrected chi connectivity index (χ0v) is 13.3. The molecule has 1 atom stereocenters. The van der Waals surface area contributed by atoms with Crippen LogP contribution in [0.5, 0.6) is 0 Å². The molecule has 1 amide bonds. The summed E-state index contributed by atoms with van der Waals surface area (Å²) in [6, 6.07) is 14.9. The topological polar surface area (TPSA) is 55.4 Å².